The van der Waals surface area contributed by atoms with Gasteiger partial charge in [0.1, 0.15) is 22.3 Å². The molecule has 187 valence electrons. The summed E-state index contributed by atoms with van der Waals surface area (Å²) in [5, 5.41) is 18.3. The van der Waals surface area contributed by atoms with Gasteiger partial charge in [-0.15, -0.1) is 35.9 Å². The quantitative estimate of drug-likeness (QED) is 0.191. The summed E-state index contributed by atoms with van der Waals surface area (Å²) in [5.74, 6) is 0. The van der Waals surface area contributed by atoms with Crippen LogP contribution in [0.4, 0.5) is 0 Å². The second-order valence-corrected chi connectivity index (χ2v) is 7.90. The average Bonchev–Trinajstić information content (AvgIpc) is 3.52. The third-order valence-corrected chi connectivity index (χ3v) is 6.04. The van der Waals surface area contributed by atoms with Gasteiger partial charge in [-0.05, 0) is 35.5 Å². The number of nitrogens with zero attached hydrogens (tertiary/aromatic N) is 1. The number of benzene rings is 4. The Kier molecular flexibility index (Phi) is 8.17. The van der Waals surface area contributed by atoms with Crippen LogP contribution in [0.3, 0.4) is 0 Å². The molecule has 0 amide bonds. The van der Waals surface area contributed by atoms with Crippen molar-refractivity contribution in [3.8, 4) is 22.4 Å². The van der Waals surface area contributed by atoms with Crippen molar-refractivity contribution in [3.63, 3.8) is 0 Å². The second-order valence-electron chi connectivity index (χ2n) is 7.90. The number of aromatic nitrogens is 1. The van der Waals surface area contributed by atoms with Crippen LogP contribution in [0, 0.1) is 6.07 Å². The van der Waals surface area contributed by atoms with Gasteiger partial charge in [-0.25, -0.2) is 0 Å². The van der Waals surface area contributed by atoms with Crippen LogP contribution in [0.1, 0.15) is 0 Å². The van der Waals surface area contributed by atoms with E-state index < -0.39 is 0 Å². The Morgan fingerprint density at radius 2 is 1.35 bits per heavy atom. The maximum atomic E-state index is 7.00. The number of aliphatic hydroxyl groups excluding tert-OH is 2. The van der Waals surface area contributed by atoms with E-state index in [0.29, 0.717) is 0 Å². The molecule has 0 bridgehead atoms. The summed E-state index contributed by atoms with van der Waals surface area (Å²) in [5.41, 5.74) is 7.34. The molecule has 7 aromatic rings. The molecule has 0 unspecified atom stereocenters. The van der Waals surface area contributed by atoms with Crippen LogP contribution in [0.2, 0.25) is 0 Å². The van der Waals surface area contributed by atoms with E-state index in [0.717, 1.165) is 80.5 Å². The van der Waals surface area contributed by atoms with Crippen molar-refractivity contribution < 1.29 is 39.2 Å². The van der Waals surface area contributed by atoms with E-state index in [9.17, 15) is 0 Å². The molecule has 5 nitrogen and oxygen atoms in total. The zero-order valence-corrected chi connectivity index (χ0v) is 22.6. The maximum absolute atomic E-state index is 7.00. The smallest absolute Gasteiger partial charge is 0.144 e. The Labute approximate surface area is 227 Å². The van der Waals surface area contributed by atoms with Crippen molar-refractivity contribution in [1.82, 2.24) is 4.98 Å². The molecule has 1 radical (unpaired) electrons. The minimum atomic E-state index is 0. The molecular formula is C31H24IrNO4-. The molecule has 37 heavy (non-hydrogen) atoms. The first-order valence-electron chi connectivity index (χ1n) is 11.5. The first-order valence-corrected chi connectivity index (χ1v) is 11.5. The van der Waals surface area contributed by atoms with Gasteiger partial charge < -0.3 is 24.0 Å². The number of fused-ring (bicyclic) bond motifs is 6. The molecule has 3 aromatic heterocycles. The van der Waals surface area contributed by atoms with E-state index >= 15 is 0 Å². The Hall–Kier alpha value is -3.80. The van der Waals surface area contributed by atoms with Crippen molar-refractivity contribution in [2.24, 2.45) is 0 Å². The van der Waals surface area contributed by atoms with Crippen LogP contribution < -0.4 is 0 Å². The normalized spacial score (nSPS) is 10.5. The summed E-state index contributed by atoms with van der Waals surface area (Å²) in [6.45, 7) is 0. The van der Waals surface area contributed by atoms with Crippen LogP contribution in [-0.4, -0.2) is 29.4 Å². The van der Waals surface area contributed by atoms with E-state index in [4.69, 9.17) is 19.0 Å². The average molecular weight is 667 g/mol. The summed E-state index contributed by atoms with van der Waals surface area (Å²) >= 11 is 0. The third-order valence-electron chi connectivity index (χ3n) is 6.04. The fraction of sp³-hybridized carbons (Fsp3) is 0.0645. The molecule has 0 saturated heterocycles. The van der Waals surface area contributed by atoms with Crippen molar-refractivity contribution >= 4 is 43.9 Å². The molecule has 0 fully saturated rings. The Bertz CT molecular complexity index is 1780. The molecule has 0 spiro atoms. The largest absolute Gasteiger partial charge is 0.456 e. The summed E-state index contributed by atoms with van der Waals surface area (Å²) in [7, 11) is 2.00. The molecule has 0 saturated carbocycles. The Balaban J connectivity index is 0.000000613. The van der Waals surface area contributed by atoms with Crippen molar-refractivity contribution in [1.29, 1.82) is 0 Å². The molecule has 7 rings (SSSR count). The molecule has 0 aliphatic rings. The zero-order valence-electron chi connectivity index (χ0n) is 20.2. The minimum absolute atomic E-state index is 0. The number of hydrogen-bond acceptors (Lipinski definition) is 5. The number of rotatable bonds is 2. The van der Waals surface area contributed by atoms with Gasteiger partial charge in [-0.2, -0.15) is 0 Å². The predicted octanol–water partition coefficient (Wildman–Crippen LogP) is 7.23. The SMILES string of the molecule is CO.CO.[Ir].[c-]1ccccc1-c1cc(-c2c3oc4ccccc4c3cc3oc4ccccc4c23)ccn1. The monoisotopic (exact) mass is 667 g/mol. The van der Waals surface area contributed by atoms with E-state index in [1.165, 1.54) is 0 Å². The minimum Gasteiger partial charge on any atom is -0.456 e. The molecule has 0 aliphatic carbocycles. The van der Waals surface area contributed by atoms with Crippen LogP contribution in [0.5, 0.6) is 0 Å². The number of aliphatic hydroxyl groups is 2. The molecule has 3 heterocycles. The zero-order chi connectivity index (χ0) is 25.1. The second kappa shape index (κ2) is 11.5. The molecular weight excluding hydrogens is 643 g/mol. The van der Waals surface area contributed by atoms with E-state index in [-0.39, 0.29) is 20.1 Å². The van der Waals surface area contributed by atoms with Gasteiger partial charge in [-0.3, -0.25) is 0 Å². The summed E-state index contributed by atoms with van der Waals surface area (Å²) in [6.07, 6.45) is 1.85. The summed E-state index contributed by atoms with van der Waals surface area (Å²) in [4.78, 5) is 4.60. The van der Waals surface area contributed by atoms with Gasteiger partial charge in [0.05, 0.1) is 0 Å². The van der Waals surface area contributed by atoms with Gasteiger partial charge in [0.15, 0.2) is 0 Å². The molecule has 6 heteroatoms. The fourth-order valence-electron chi connectivity index (χ4n) is 4.62. The first kappa shape index (κ1) is 26.3. The number of furan rings is 2. The summed E-state index contributed by atoms with van der Waals surface area (Å²) < 4.78 is 12.7. The maximum Gasteiger partial charge on any atom is 0.144 e. The van der Waals surface area contributed by atoms with Gasteiger partial charge in [0.2, 0.25) is 0 Å². The van der Waals surface area contributed by atoms with Gasteiger partial charge in [0.25, 0.3) is 0 Å². The van der Waals surface area contributed by atoms with Crippen molar-refractivity contribution in [2.45, 2.75) is 0 Å². The van der Waals surface area contributed by atoms with Crippen LogP contribution in [0.15, 0.2) is 106 Å². The van der Waals surface area contributed by atoms with Crippen LogP contribution in [0.25, 0.3) is 66.3 Å². The number of pyridine rings is 1. The van der Waals surface area contributed by atoms with Gasteiger partial charge >= 0.3 is 0 Å². The van der Waals surface area contributed by atoms with E-state index in [1.54, 1.807) is 0 Å². The van der Waals surface area contributed by atoms with Gasteiger partial charge in [0, 0.05) is 67.6 Å². The van der Waals surface area contributed by atoms with Crippen molar-refractivity contribution in [3.05, 3.63) is 103 Å². The Morgan fingerprint density at radius 1 is 0.676 bits per heavy atom. The van der Waals surface area contributed by atoms with Crippen molar-refractivity contribution in [2.75, 3.05) is 14.2 Å². The third kappa shape index (κ3) is 4.57. The number of para-hydroxylation sites is 2. The molecule has 0 aliphatic heterocycles. The first-order chi connectivity index (χ1) is 17.9. The fourth-order valence-corrected chi connectivity index (χ4v) is 4.62. The standard InChI is InChI=1S/C29H16NO2.2CH4O.Ir/c1-2-8-18(9-3-1)23-16-19(14-15-30-23)27-28-21-11-5-7-13-25(21)31-26(28)17-22-20-10-4-6-12-24(20)32-29(22)27;2*1-2;/h1-8,10-17H;2*2H,1H3;/q-1;;;. The molecule has 4 aromatic carbocycles. The van der Waals surface area contributed by atoms with Crippen LogP contribution in [-0.2, 0) is 20.1 Å². The van der Waals surface area contributed by atoms with E-state index in [2.05, 4.69) is 35.3 Å². The van der Waals surface area contributed by atoms with Crippen LogP contribution >= 0.6 is 0 Å². The number of hydrogen-bond donors (Lipinski definition) is 2. The summed E-state index contributed by atoms with van der Waals surface area (Å²) in [6, 6.07) is 33.7. The van der Waals surface area contributed by atoms with Gasteiger partial charge in [-0.1, -0.05) is 42.5 Å². The Morgan fingerprint density at radius 3 is 2.08 bits per heavy atom. The molecule has 0 atom stereocenters. The predicted molar refractivity (Wildman–Crippen MR) is 145 cm³/mol. The topological polar surface area (TPSA) is 79.6 Å². The van der Waals surface area contributed by atoms with E-state index in [1.807, 2.05) is 72.9 Å². The molecule has 2 N–H and O–H groups in total.